The third-order valence-corrected chi connectivity index (χ3v) is 3.59. The van der Waals surface area contributed by atoms with Gasteiger partial charge in [-0.1, -0.05) is 22.9 Å². The van der Waals surface area contributed by atoms with Gasteiger partial charge < -0.3 is 10.2 Å². The molecule has 0 spiro atoms. The van der Waals surface area contributed by atoms with Gasteiger partial charge in [-0.15, -0.1) is 0 Å². The number of nitrogens with one attached hydrogen (secondary N) is 1. The Morgan fingerprint density at radius 2 is 2.18 bits per heavy atom. The minimum absolute atomic E-state index is 0.146. The molecule has 0 bridgehead atoms. The van der Waals surface area contributed by atoms with Crippen LogP contribution in [-0.2, 0) is 4.79 Å². The van der Waals surface area contributed by atoms with Crippen LogP contribution >= 0.6 is 15.9 Å². The van der Waals surface area contributed by atoms with Crippen LogP contribution < -0.4 is 10.2 Å². The fourth-order valence-corrected chi connectivity index (χ4v) is 2.36. The highest BCUT2D eigenvalue weighted by Gasteiger charge is 2.23. The maximum absolute atomic E-state index is 11.3. The number of hydrogen-bond donors (Lipinski definition) is 1. The van der Waals surface area contributed by atoms with E-state index in [1.54, 1.807) is 0 Å². The molecule has 17 heavy (non-hydrogen) atoms. The van der Waals surface area contributed by atoms with Crippen molar-refractivity contribution in [1.82, 2.24) is 5.32 Å². The first kappa shape index (κ1) is 12.4. The lowest BCUT2D eigenvalue weighted by molar-refractivity contribution is -0.121. The Hall–Kier alpha value is -1.03. The molecule has 92 valence electrons. The third kappa shape index (κ3) is 3.22. The van der Waals surface area contributed by atoms with Gasteiger partial charge in [-0.3, -0.25) is 4.79 Å². The van der Waals surface area contributed by atoms with Gasteiger partial charge in [0.25, 0.3) is 0 Å². The maximum atomic E-state index is 11.3. The van der Waals surface area contributed by atoms with Crippen LogP contribution in [0.5, 0.6) is 0 Å². The topological polar surface area (TPSA) is 32.3 Å². The van der Waals surface area contributed by atoms with E-state index >= 15 is 0 Å². The predicted octanol–water partition coefficient (Wildman–Crippen LogP) is 2.55. The number of rotatable bonds is 3. The summed E-state index contributed by atoms with van der Waals surface area (Å²) >= 11 is 3.43. The Bertz CT molecular complexity index is 391. The van der Waals surface area contributed by atoms with Crippen molar-refractivity contribution in [2.24, 2.45) is 0 Å². The van der Waals surface area contributed by atoms with E-state index in [4.69, 9.17) is 0 Å². The van der Waals surface area contributed by atoms with E-state index in [9.17, 15) is 4.79 Å². The van der Waals surface area contributed by atoms with Crippen molar-refractivity contribution in [2.75, 3.05) is 18.0 Å². The van der Waals surface area contributed by atoms with Crippen LogP contribution in [0.2, 0.25) is 0 Å². The van der Waals surface area contributed by atoms with Gasteiger partial charge in [0.05, 0.1) is 0 Å². The summed E-state index contributed by atoms with van der Waals surface area (Å²) in [4.78, 5) is 13.6. The van der Waals surface area contributed by atoms with Gasteiger partial charge in [0, 0.05) is 35.7 Å². The van der Waals surface area contributed by atoms with Gasteiger partial charge in [0.1, 0.15) is 0 Å². The normalized spacial score (nSPS) is 19.4. The molecule has 0 aromatic heterocycles. The lowest BCUT2D eigenvalue weighted by Gasteiger charge is -2.19. The zero-order chi connectivity index (χ0) is 12.3. The highest BCUT2D eigenvalue weighted by Crippen LogP contribution is 2.22. The van der Waals surface area contributed by atoms with E-state index in [-0.39, 0.29) is 5.91 Å². The molecule has 3 nitrogen and oxygen atoms in total. The van der Waals surface area contributed by atoms with Crippen molar-refractivity contribution in [3.05, 3.63) is 28.7 Å². The molecule has 1 N–H and O–H groups in total. The van der Waals surface area contributed by atoms with Gasteiger partial charge in [-0.25, -0.2) is 0 Å². The Balaban J connectivity index is 1.93. The first-order chi connectivity index (χ1) is 8.19. The molecular formula is C13H17BrN2O. The summed E-state index contributed by atoms with van der Waals surface area (Å²) < 4.78 is 1.09. The average molecular weight is 297 g/mol. The number of amides is 1. The monoisotopic (exact) mass is 296 g/mol. The number of hydrogen-bond acceptors (Lipinski definition) is 2. The highest BCUT2D eigenvalue weighted by molar-refractivity contribution is 9.10. The van der Waals surface area contributed by atoms with Gasteiger partial charge in [0.15, 0.2) is 0 Å². The number of carbonyl (C=O) groups is 1. The van der Waals surface area contributed by atoms with Crippen molar-refractivity contribution in [3.63, 3.8) is 0 Å². The molecule has 1 atom stereocenters. The summed E-state index contributed by atoms with van der Waals surface area (Å²) in [5.74, 6) is 0.146. The van der Waals surface area contributed by atoms with E-state index in [1.165, 1.54) is 5.69 Å². The van der Waals surface area contributed by atoms with Crippen LogP contribution in [0.25, 0.3) is 0 Å². The Labute approximate surface area is 110 Å². The predicted molar refractivity (Wildman–Crippen MR) is 73.2 cm³/mol. The minimum atomic E-state index is 0.146. The molecule has 1 aliphatic rings. The zero-order valence-corrected chi connectivity index (χ0v) is 11.5. The molecule has 1 unspecified atom stereocenters. The number of carbonyl (C=O) groups excluding carboxylic acids is 1. The average Bonchev–Trinajstić information content (AvgIpc) is 2.78. The summed E-state index contributed by atoms with van der Waals surface area (Å²) in [5.41, 5.74) is 1.22. The lowest BCUT2D eigenvalue weighted by Crippen LogP contribution is -2.36. The number of nitrogens with zero attached hydrogens (tertiary/aromatic N) is 1. The molecule has 1 heterocycles. The van der Waals surface area contributed by atoms with Crippen LogP contribution in [0.4, 0.5) is 5.69 Å². The largest absolute Gasteiger partial charge is 0.369 e. The van der Waals surface area contributed by atoms with Crippen LogP contribution in [0.15, 0.2) is 28.7 Å². The lowest BCUT2D eigenvalue weighted by atomic mass is 10.2. The van der Waals surface area contributed by atoms with Crippen molar-refractivity contribution in [2.45, 2.75) is 25.8 Å². The van der Waals surface area contributed by atoms with E-state index in [0.717, 1.165) is 24.0 Å². The second-order valence-corrected chi connectivity index (χ2v) is 5.24. The van der Waals surface area contributed by atoms with Crippen LogP contribution in [-0.4, -0.2) is 25.0 Å². The molecular weight excluding hydrogens is 280 g/mol. The van der Waals surface area contributed by atoms with Crippen molar-refractivity contribution < 1.29 is 4.79 Å². The molecule has 1 aromatic carbocycles. The first-order valence-corrected chi connectivity index (χ1v) is 6.78. The summed E-state index contributed by atoms with van der Waals surface area (Å²) in [5, 5.41) is 3.05. The van der Waals surface area contributed by atoms with E-state index < -0.39 is 0 Å². The molecule has 1 amide bonds. The standard InChI is InChI=1S/C13H17BrN2O/c1-2-13(17)15-11-7-8-16(9-11)12-5-3-10(14)4-6-12/h3-6,11H,2,7-9H2,1H3,(H,15,17). The Kier molecular flexibility index (Phi) is 4.05. The highest BCUT2D eigenvalue weighted by atomic mass is 79.9. The van der Waals surface area contributed by atoms with Crippen molar-refractivity contribution in [1.29, 1.82) is 0 Å². The van der Waals surface area contributed by atoms with E-state index in [1.807, 2.05) is 19.1 Å². The van der Waals surface area contributed by atoms with Crippen LogP contribution in [0, 0.1) is 0 Å². The van der Waals surface area contributed by atoms with Gasteiger partial charge in [-0.2, -0.15) is 0 Å². The second-order valence-electron chi connectivity index (χ2n) is 4.33. The Morgan fingerprint density at radius 1 is 1.47 bits per heavy atom. The molecule has 1 aromatic rings. The summed E-state index contributed by atoms with van der Waals surface area (Å²) in [7, 11) is 0. The second kappa shape index (κ2) is 5.54. The molecule has 1 saturated heterocycles. The van der Waals surface area contributed by atoms with Crippen molar-refractivity contribution in [3.8, 4) is 0 Å². The van der Waals surface area contributed by atoms with Gasteiger partial charge in [0.2, 0.25) is 5.91 Å². The number of halogens is 1. The fourth-order valence-electron chi connectivity index (χ4n) is 2.09. The number of benzene rings is 1. The van der Waals surface area contributed by atoms with E-state index in [2.05, 4.69) is 38.3 Å². The number of anilines is 1. The zero-order valence-electron chi connectivity index (χ0n) is 9.95. The molecule has 4 heteroatoms. The molecule has 2 rings (SSSR count). The molecule has 0 radical (unpaired) electrons. The molecule has 0 aliphatic carbocycles. The van der Waals surface area contributed by atoms with Crippen LogP contribution in [0.3, 0.4) is 0 Å². The third-order valence-electron chi connectivity index (χ3n) is 3.07. The van der Waals surface area contributed by atoms with E-state index in [0.29, 0.717) is 12.5 Å². The summed E-state index contributed by atoms with van der Waals surface area (Å²) in [6.45, 7) is 3.81. The smallest absolute Gasteiger partial charge is 0.219 e. The van der Waals surface area contributed by atoms with Crippen LogP contribution in [0.1, 0.15) is 19.8 Å². The van der Waals surface area contributed by atoms with Gasteiger partial charge in [-0.05, 0) is 30.7 Å². The molecule has 0 saturated carbocycles. The fraction of sp³-hybridized carbons (Fsp3) is 0.462. The van der Waals surface area contributed by atoms with Crippen molar-refractivity contribution >= 4 is 27.5 Å². The first-order valence-electron chi connectivity index (χ1n) is 5.99. The summed E-state index contributed by atoms with van der Waals surface area (Å²) in [6, 6.07) is 8.61. The SMILES string of the molecule is CCC(=O)NC1CCN(c2ccc(Br)cc2)C1. The Morgan fingerprint density at radius 3 is 2.82 bits per heavy atom. The quantitative estimate of drug-likeness (QED) is 0.930. The maximum Gasteiger partial charge on any atom is 0.219 e. The molecule has 1 fully saturated rings. The summed E-state index contributed by atoms with van der Waals surface area (Å²) in [6.07, 6.45) is 1.59. The minimum Gasteiger partial charge on any atom is -0.369 e. The molecule has 1 aliphatic heterocycles. The van der Waals surface area contributed by atoms with Gasteiger partial charge >= 0.3 is 0 Å².